The van der Waals surface area contributed by atoms with E-state index in [1.165, 1.54) is 0 Å². The lowest BCUT2D eigenvalue weighted by molar-refractivity contribution is 0.322. The molecule has 4 heteroatoms. The molecule has 0 saturated carbocycles. The van der Waals surface area contributed by atoms with Crippen molar-refractivity contribution in [1.82, 2.24) is 4.98 Å². The van der Waals surface area contributed by atoms with Gasteiger partial charge in [-0.25, -0.2) is 4.98 Å². The van der Waals surface area contributed by atoms with Gasteiger partial charge in [0, 0.05) is 18.3 Å². The molecule has 0 aliphatic carbocycles. The molecule has 19 heavy (non-hydrogen) atoms. The minimum Gasteiger partial charge on any atom is -0.491 e. The van der Waals surface area contributed by atoms with Crippen molar-refractivity contribution >= 4 is 23.1 Å². The van der Waals surface area contributed by atoms with E-state index in [9.17, 15) is 0 Å². The fourth-order valence-corrected chi connectivity index (χ4v) is 2.53. The quantitative estimate of drug-likeness (QED) is 0.780. The van der Waals surface area contributed by atoms with Gasteiger partial charge in [-0.15, -0.1) is 11.6 Å². The SMILES string of the molecule is ClCc1cccnc1N1CCCOc2ccccc21. The number of pyridine rings is 1. The first-order valence-corrected chi connectivity index (χ1v) is 6.93. The zero-order valence-electron chi connectivity index (χ0n) is 10.6. The monoisotopic (exact) mass is 274 g/mol. The summed E-state index contributed by atoms with van der Waals surface area (Å²) in [5.41, 5.74) is 2.10. The van der Waals surface area contributed by atoms with Gasteiger partial charge in [-0.1, -0.05) is 18.2 Å². The zero-order chi connectivity index (χ0) is 13.1. The van der Waals surface area contributed by atoms with Gasteiger partial charge in [0.2, 0.25) is 0 Å². The first-order chi connectivity index (χ1) is 9.40. The number of halogens is 1. The largest absolute Gasteiger partial charge is 0.491 e. The molecule has 0 saturated heterocycles. The van der Waals surface area contributed by atoms with Gasteiger partial charge in [0.05, 0.1) is 18.2 Å². The van der Waals surface area contributed by atoms with Gasteiger partial charge in [-0.2, -0.15) is 0 Å². The molecule has 0 radical (unpaired) electrons. The molecule has 2 heterocycles. The number of fused-ring (bicyclic) bond motifs is 1. The van der Waals surface area contributed by atoms with Crippen LogP contribution in [0.3, 0.4) is 0 Å². The summed E-state index contributed by atoms with van der Waals surface area (Å²) in [7, 11) is 0. The predicted molar refractivity (Wildman–Crippen MR) is 77.4 cm³/mol. The van der Waals surface area contributed by atoms with E-state index >= 15 is 0 Å². The number of rotatable bonds is 2. The fourth-order valence-electron chi connectivity index (χ4n) is 2.33. The van der Waals surface area contributed by atoms with Crippen LogP contribution in [0.15, 0.2) is 42.6 Å². The van der Waals surface area contributed by atoms with Crippen molar-refractivity contribution in [3.8, 4) is 5.75 Å². The average Bonchev–Trinajstić information content (AvgIpc) is 2.69. The molecule has 1 aromatic heterocycles. The molecule has 1 aromatic carbocycles. The number of para-hydroxylation sites is 2. The van der Waals surface area contributed by atoms with Crippen molar-refractivity contribution in [2.24, 2.45) is 0 Å². The Hall–Kier alpha value is -1.74. The molecule has 3 rings (SSSR count). The molecule has 1 aliphatic rings. The summed E-state index contributed by atoms with van der Waals surface area (Å²) in [6.45, 7) is 1.62. The number of hydrogen-bond acceptors (Lipinski definition) is 3. The highest BCUT2D eigenvalue weighted by atomic mass is 35.5. The van der Waals surface area contributed by atoms with E-state index in [4.69, 9.17) is 16.3 Å². The maximum Gasteiger partial charge on any atom is 0.142 e. The third-order valence-electron chi connectivity index (χ3n) is 3.21. The van der Waals surface area contributed by atoms with Gasteiger partial charge >= 0.3 is 0 Å². The van der Waals surface area contributed by atoms with E-state index in [0.717, 1.165) is 42.4 Å². The summed E-state index contributed by atoms with van der Waals surface area (Å²) in [6, 6.07) is 12.0. The van der Waals surface area contributed by atoms with Crippen LogP contribution in [0.1, 0.15) is 12.0 Å². The number of nitrogens with zero attached hydrogens (tertiary/aromatic N) is 2. The summed E-state index contributed by atoms with van der Waals surface area (Å²) in [5, 5.41) is 0. The molecule has 0 spiro atoms. The van der Waals surface area contributed by atoms with E-state index in [1.807, 2.05) is 30.3 Å². The van der Waals surface area contributed by atoms with E-state index in [-0.39, 0.29) is 0 Å². The van der Waals surface area contributed by atoms with Crippen LogP contribution in [-0.2, 0) is 5.88 Å². The summed E-state index contributed by atoms with van der Waals surface area (Å²) in [5.74, 6) is 2.30. The molecule has 0 amide bonds. The molecule has 0 bridgehead atoms. The number of anilines is 2. The molecule has 3 nitrogen and oxygen atoms in total. The van der Waals surface area contributed by atoms with Gasteiger partial charge in [0.25, 0.3) is 0 Å². The molecule has 0 atom stereocenters. The second-order valence-corrected chi connectivity index (χ2v) is 4.71. The van der Waals surface area contributed by atoms with Crippen LogP contribution in [0.2, 0.25) is 0 Å². The van der Waals surface area contributed by atoms with E-state index < -0.39 is 0 Å². The Morgan fingerprint density at radius 3 is 3.00 bits per heavy atom. The standard InChI is InChI=1S/C15H15ClN2O/c16-11-12-5-3-8-17-15(12)18-9-4-10-19-14-7-2-1-6-13(14)18/h1-3,5-8H,4,9-11H2. The smallest absolute Gasteiger partial charge is 0.142 e. The van der Waals surface area contributed by atoms with Gasteiger partial charge in [-0.3, -0.25) is 0 Å². The highest BCUT2D eigenvalue weighted by molar-refractivity contribution is 6.17. The van der Waals surface area contributed by atoms with Crippen molar-refractivity contribution in [2.75, 3.05) is 18.1 Å². The average molecular weight is 275 g/mol. The minimum absolute atomic E-state index is 0.461. The van der Waals surface area contributed by atoms with Crippen molar-refractivity contribution in [3.05, 3.63) is 48.2 Å². The van der Waals surface area contributed by atoms with Crippen LogP contribution in [0.4, 0.5) is 11.5 Å². The Bertz CT molecular complexity index is 574. The lowest BCUT2D eigenvalue weighted by Gasteiger charge is -2.24. The number of benzene rings is 1. The second kappa shape index (κ2) is 5.49. The normalized spacial score (nSPS) is 14.5. The lowest BCUT2D eigenvalue weighted by atomic mass is 10.2. The Morgan fingerprint density at radius 2 is 2.11 bits per heavy atom. The van der Waals surface area contributed by atoms with Gasteiger partial charge in [0.15, 0.2) is 0 Å². The molecule has 98 valence electrons. The maximum absolute atomic E-state index is 6.02. The van der Waals surface area contributed by atoms with Gasteiger partial charge in [0.1, 0.15) is 11.6 Å². The molecular weight excluding hydrogens is 260 g/mol. The van der Waals surface area contributed by atoms with Crippen molar-refractivity contribution in [3.63, 3.8) is 0 Å². The molecular formula is C15H15ClN2O. The highest BCUT2D eigenvalue weighted by Gasteiger charge is 2.20. The van der Waals surface area contributed by atoms with Crippen LogP contribution in [0.5, 0.6) is 5.75 Å². The molecule has 0 N–H and O–H groups in total. The first-order valence-electron chi connectivity index (χ1n) is 6.39. The summed E-state index contributed by atoms with van der Waals surface area (Å²) in [4.78, 5) is 6.69. The van der Waals surface area contributed by atoms with Crippen molar-refractivity contribution in [2.45, 2.75) is 12.3 Å². The Labute approximate surface area is 117 Å². The third-order valence-corrected chi connectivity index (χ3v) is 3.49. The van der Waals surface area contributed by atoms with Crippen LogP contribution in [0.25, 0.3) is 0 Å². The Balaban J connectivity index is 2.09. The van der Waals surface area contributed by atoms with Crippen LogP contribution in [0, 0.1) is 0 Å². The lowest BCUT2D eigenvalue weighted by Crippen LogP contribution is -2.20. The van der Waals surface area contributed by atoms with E-state index in [0.29, 0.717) is 5.88 Å². The fraction of sp³-hybridized carbons (Fsp3) is 0.267. The molecule has 0 fully saturated rings. The second-order valence-electron chi connectivity index (χ2n) is 4.44. The molecule has 1 aliphatic heterocycles. The first kappa shape index (κ1) is 12.3. The molecule has 2 aromatic rings. The number of alkyl halides is 1. The van der Waals surface area contributed by atoms with Gasteiger partial charge in [-0.05, 0) is 24.6 Å². The minimum atomic E-state index is 0.461. The molecule has 0 unspecified atom stereocenters. The predicted octanol–water partition coefficient (Wildman–Crippen LogP) is 3.74. The third kappa shape index (κ3) is 2.38. The highest BCUT2D eigenvalue weighted by Crippen LogP contribution is 2.36. The number of hydrogen-bond donors (Lipinski definition) is 0. The van der Waals surface area contributed by atoms with Crippen molar-refractivity contribution < 1.29 is 4.74 Å². The summed E-state index contributed by atoms with van der Waals surface area (Å²) < 4.78 is 5.77. The Morgan fingerprint density at radius 1 is 1.21 bits per heavy atom. The number of aromatic nitrogens is 1. The summed E-state index contributed by atoms with van der Waals surface area (Å²) in [6.07, 6.45) is 2.77. The van der Waals surface area contributed by atoms with Crippen LogP contribution < -0.4 is 9.64 Å². The zero-order valence-corrected chi connectivity index (χ0v) is 11.3. The maximum atomic E-state index is 6.02. The Kier molecular flexibility index (Phi) is 3.56. The van der Waals surface area contributed by atoms with Crippen molar-refractivity contribution in [1.29, 1.82) is 0 Å². The topological polar surface area (TPSA) is 25.4 Å². The number of ether oxygens (including phenoxy) is 1. The van der Waals surface area contributed by atoms with Gasteiger partial charge < -0.3 is 9.64 Å². The van der Waals surface area contributed by atoms with E-state index in [2.05, 4.69) is 16.0 Å². The van der Waals surface area contributed by atoms with Crippen LogP contribution >= 0.6 is 11.6 Å². The van der Waals surface area contributed by atoms with E-state index in [1.54, 1.807) is 6.20 Å². The van der Waals surface area contributed by atoms with Crippen LogP contribution in [-0.4, -0.2) is 18.1 Å². The summed E-state index contributed by atoms with van der Waals surface area (Å²) >= 11 is 6.02.